The summed E-state index contributed by atoms with van der Waals surface area (Å²) in [5.41, 5.74) is -0.858. The summed E-state index contributed by atoms with van der Waals surface area (Å²) >= 11 is 0. The predicted octanol–water partition coefficient (Wildman–Crippen LogP) is -0.608. The molecule has 0 radical (unpaired) electrons. The molecule has 1 aliphatic heterocycles. The fourth-order valence-corrected chi connectivity index (χ4v) is 5.09. The van der Waals surface area contributed by atoms with Crippen molar-refractivity contribution in [3.63, 3.8) is 0 Å². The number of hydrogen-bond acceptors (Lipinski definition) is 6. The zero-order valence-corrected chi connectivity index (χ0v) is 17.0. The van der Waals surface area contributed by atoms with E-state index in [1.165, 1.54) is 27.3 Å². The molecule has 1 unspecified atom stereocenters. The lowest BCUT2D eigenvalue weighted by Crippen LogP contribution is -2.44. The first-order valence-corrected chi connectivity index (χ1v) is 10.8. The third-order valence-electron chi connectivity index (χ3n) is 5.77. The molecule has 2 heterocycles. The number of fused-ring (bicyclic) bond motifs is 1. The van der Waals surface area contributed by atoms with E-state index in [-0.39, 0.29) is 22.9 Å². The molecule has 9 nitrogen and oxygen atoms in total. The zero-order valence-electron chi connectivity index (χ0n) is 16.2. The van der Waals surface area contributed by atoms with Crippen molar-refractivity contribution in [1.82, 2.24) is 24.1 Å². The summed E-state index contributed by atoms with van der Waals surface area (Å²) in [6.07, 6.45) is 1.59. The van der Waals surface area contributed by atoms with Crippen LogP contribution >= 0.6 is 0 Å². The van der Waals surface area contributed by atoms with Gasteiger partial charge < -0.3 is 5.32 Å². The number of nitrogens with one attached hydrogen (secondary N) is 2. The summed E-state index contributed by atoms with van der Waals surface area (Å²) in [5, 5.41) is 3.43. The number of benzene rings is 1. The Morgan fingerprint density at radius 3 is 2.57 bits per heavy atom. The van der Waals surface area contributed by atoms with Gasteiger partial charge in [-0.3, -0.25) is 18.8 Å². The molecule has 2 fully saturated rings. The Kier molecular flexibility index (Phi) is 4.49. The SMILES string of the molecule is CN1CNCC1Cn1c(=O)c2cc(S(=O)(=O)NC3(C)CC3)ccc2n(C)c1=O. The summed E-state index contributed by atoms with van der Waals surface area (Å²) in [5.74, 6) is 0. The van der Waals surface area contributed by atoms with Crippen LogP contribution in [0.1, 0.15) is 19.8 Å². The number of nitrogens with zero attached hydrogens (tertiary/aromatic N) is 3. The van der Waals surface area contributed by atoms with Crippen LogP contribution in [0.5, 0.6) is 0 Å². The number of rotatable bonds is 5. The molecule has 1 atom stereocenters. The van der Waals surface area contributed by atoms with E-state index in [1.54, 1.807) is 7.05 Å². The van der Waals surface area contributed by atoms with E-state index >= 15 is 0 Å². The van der Waals surface area contributed by atoms with Gasteiger partial charge >= 0.3 is 5.69 Å². The predicted molar refractivity (Wildman–Crippen MR) is 106 cm³/mol. The molecule has 4 rings (SSSR count). The first-order chi connectivity index (χ1) is 13.1. The van der Waals surface area contributed by atoms with E-state index < -0.39 is 26.8 Å². The van der Waals surface area contributed by atoms with Gasteiger partial charge in [0, 0.05) is 38.4 Å². The standard InChI is InChI=1S/C18H25N5O4S/c1-18(6-7-18)20-28(26,27)13-4-5-15-14(8-13)16(24)23(17(25)22(15)3)10-12-9-19-11-21(12)2/h4-5,8,12,19-20H,6-7,9-11H2,1-3H3. The average Bonchev–Trinajstić information content (AvgIpc) is 3.22. The normalized spacial score (nSPS) is 22.0. The number of likely N-dealkylation sites (N-methyl/N-ethyl adjacent to an activating group) is 1. The Bertz CT molecular complexity index is 1160. The molecule has 1 aliphatic carbocycles. The van der Waals surface area contributed by atoms with Crippen LogP contribution in [0.2, 0.25) is 0 Å². The lowest BCUT2D eigenvalue weighted by atomic mass is 10.2. The molecule has 152 valence electrons. The van der Waals surface area contributed by atoms with Gasteiger partial charge in [-0.15, -0.1) is 0 Å². The van der Waals surface area contributed by atoms with Crippen LogP contribution in [0.25, 0.3) is 10.9 Å². The van der Waals surface area contributed by atoms with E-state index in [2.05, 4.69) is 10.0 Å². The van der Waals surface area contributed by atoms with Gasteiger partial charge in [-0.1, -0.05) is 0 Å². The molecule has 1 aromatic heterocycles. The Hall–Kier alpha value is -2.01. The Labute approximate surface area is 163 Å². The van der Waals surface area contributed by atoms with Crippen LogP contribution in [0.15, 0.2) is 32.7 Å². The van der Waals surface area contributed by atoms with Crippen molar-refractivity contribution in [2.75, 3.05) is 20.3 Å². The van der Waals surface area contributed by atoms with Gasteiger partial charge in [-0.05, 0) is 45.0 Å². The van der Waals surface area contributed by atoms with Crippen molar-refractivity contribution in [2.24, 2.45) is 7.05 Å². The lowest BCUT2D eigenvalue weighted by Gasteiger charge is -2.20. The highest BCUT2D eigenvalue weighted by Crippen LogP contribution is 2.36. The minimum atomic E-state index is -3.73. The minimum absolute atomic E-state index is 0.0197. The largest absolute Gasteiger partial charge is 0.331 e. The topological polar surface area (TPSA) is 105 Å². The molecule has 10 heteroatoms. The number of hydrogen-bond donors (Lipinski definition) is 2. The Morgan fingerprint density at radius 2 is 1.96 bits per heavy atom. The molecule has 1 saturated heterocycles. The maximum absolute atomic E-state index is 13.1. The van der Waals surface area contributed by atoms with Gasteiger partial charge in [0.05, 0.1) is 15.8 Å². The smallest absolute Gasteiger partial charge is 0.303 e. The second-order valence-electron chi connectivity index (χ2n) is 8.13. The Balaban J connectivity index is 1.82. The lowest BCUT2D eigenvalue weighted by molar-refractivity contribution is 0.283. The maximum Gasteiger partial charge on any atom is 0.331 e. The van der Waals surface area contributed by atoms with Crippen molar-refractivity contribution in [3.8, 4) is 0 Å². The van der Waals surface area contributed by atoms with E-state index in [1.807, 2.05) is 18.9 Å². The zero-order chi connectivity index (χ0) is 20.3. The molecule has 2 aliphatic rings. The van der Waals surface area contributed by atoms with Crippen LogP contribution in [-0.4, -0.2) is 54.3 Å². The van der Waals surface area contributed by atoms with Gasteiger partial charge in [-0.25, -0.2) is 17.9 Å². The fourth-order valence-electron chi connectivity index (χ4n) is 3.60. The van der Waals surface area contributed by atoms with E-state index in [9.17, 15) is 18.0 Å². The Morgan fingerprint density at radius 1 is 1.25 bits per heavy atom. The second kappa shape index (κ2) is 6.51. The molecular formula is C18H25N5O4S. The van der Waals surface area contributed by atoms with Crippen LogP contribution in [-0.2, 0) is 23.6 Å². The second-order valence-corrected chi connectivity index (χ2v) is 9.81. The van der Waals surface area contributed by atoms with E-state index in [0.717, 1.165) is 12.8 Å². The van der Waals surface area contributed by atoms with Gasteiger partial charge in [0.25, 0.3) is 5.56 Å². The van der Waals surface area contributed by atoms with Crippen molar-refractivity contribution in [1.29, 1.82) is 0 Å². The number of aromatic nitrogens is 2. The van der Waals surface area contributed by atoms with Gasteiger partial charge in [0.1, 0.15) is 0 Å². The molecule has 28 heavy (non-hydrogen) atoms. The van der Waals surface area contributed by atoms with Crippen molar-refractivity contribution < 1.29 is 8.42 Å². The first-order valence-electron chi connectivity index (χ1n) is 9.30. The summed E-state index contributed by atoms with van der Waals surface area (Å²) < 4.78 is 30.7. The van der Waals surface area contributed by atoms with E-state index in [0.29, 0.717) is 18.7 Å². The minimum Gasteiger partial charge on any atom is -0.303 e. The third-order valence-corrected chi connectivity index (χ3v) is 7.41. The highest BCUT2D eigenvalue weighted by Gasteiger charge is 2.41. The quantitative estimate of drug-likeness (QED) is 0.685. The molecule has 1 saturated carbocycles. The van der Waals surface area contributed by atoms with Gasteiger partial charge in [0.2, 0.25) is 10.0 Å². The van der Waals surface area contributed by atoms with Crippen molar-refractivity contribution in [2.45, 2.75) is 42.8 Å². The van der Waals surface area contributed by atoms with E-state index in [4.69, 9.17) is 0 Å². The van der Waals surface area contributed by atoms with Crippen LogP contribution in [0.3, 0.4) is 0 Å². The van der Waals surface area contributed by atoms with Crippen molar-refractivity contribution in [3.05, 3.63) is 39.0 Å². The summed E-state index contributed by atoms with van der Waals surface area (Å²) in [6, 6.07) is 4.36. The number of sulfonamides is 1. The monoisotopic (exact) mass is 407 g/mol. The van der Waals surface area contributed by atoms with Crippen LogP contribution < -0.4 is 21.3 Å². The van der Waals surface area contributed by atoms with Gasteiger partial charge in [0.15, 0.2) is 0 Å². The average molecular weight is 407 g/mol. The molecule has 2 aromatic rings. The number of aryl methyl sites for hydroxylation is 1. The fraction of sp³-hybridized carbons (Fsp3) is 0.556. The molecule has 1 aromatic carbocycles. The van der Waals surface area contributed by atoms with Crippen LogP contribution in [0, 0.1) is 0 Å². The summed E-state index contributed by atoms with van der Waals surface area (Å²) in [4.78, 5) is 27.9. The highest BCUT2D eigenvalue weighted by molar-refractivity contribution is 7.89. The summed E-state index contributed by atoms with van der Waals surface area (Å²) in [7, 11) is -0.216. The van der Waals surface area contributed by atoms with Gasteiger partial charge in [-0.2, -0.15) is 0 Å². The van der Waals surface area contributed by atoms with Crippen molar-refractivity contribution >= 4 is 20.9 Å². The van der Waals surface area contributed by atoms with Crippen LogP contribution in [0.4, 0.5) is 0 Å². The molecular weight excluding hydrogens is 382 g/mol. The molecule has 0 spiro atoms. The molecule has 0 amide bonds. The summed E-state index contributed by atoms with van der Waals surface area (Å²) in [6.45, 7) is 3.48. The maximum atomic E-state index is 13.1. The first kappa shape index (κ1) is 19.3. The highest BCUT2D eigenvalue weighted by atomic mass is 32.2. The molecule has 0 bridgehead atoms. The molecule has 2 N–H and O–H groups in total. The third kappa shape index (κ3) is 3.30.